The highest BCUT2D eigenvalue weighted by molar-refractivity contribution is 7.98. The molecule has 6 nitrogen and oxygen atoms in total. The number of carbonyl (C=O) groups excluding carboxylic acids is 1. The van der Waals surface area contributed by atoms with Gasteiger partial charge in [0.2, 0.25) is 0 Å². The molecule has 2 aromatic rings. The van der Waals surface area contributed by atoms with E-state index >= 15 is 0 Å². The van der Waals surface area contributed by atoms with Crippen molar-refractivity contribution >= 4 is 30.1 Å². The summed E-state index contributed by atoms with van der Waals surface area (Å²) in [5.41, 5.74) is 2.66. The van der Waals surface area contributed by atoms with Gasteiger partial charge in [-0.3, -0.25) is 9.48 Å². The summed E-state index contributed by atoms with van der Waals surface area (Å²) in [5, 5.41) is 11.5. The number of carbonyl (C=O) groups is 1. The summed E-state index contributed by atoms with van der Waals surface area (Å²) in [4.78, 5) is 16.4. The predicted octanol–water partition coefficient (Wildman–Crippen LogP) is 1.45. The van der Waals surface area contributed by atoms with Gasteiger partial charge in [0.05, 0.1) is 30.0 Å². The number of nitrogens with one attached hydrogen (secondary N) is 2. The first-order valence-electron chi connectivity index (χ1n) is 6.81. The predicted molar refractivity (Wildman–Crippen MR) is 88.4 cm³/mol. The summed E-state index contributed by atoms with van der Waals surface area (Å²) in [6.07, 6.45) is 3.61. The van der Waals surface area contributed by atoms with Gasteiger partial charge in [0.1, 0.15) is 5.03 Å². The number of thioether (sulfide) groups is 1. The monoisotopic (exact) mass is 339 g/mol. The van der Waals surface area contributed by atoms with Crippen LogP contribution in [0.5, 0.6) is 0 Å². The number of pyridine rings is 1. The van der Waals surface area contributed by atoms with Crippen LogP contribution in [-0.2, 0) is 19.6 Å². The van der Waals surface area contributed by atoms with E-state index in [1.54, 1.807) is 18.3 Å². The second-order valence-corrected chi connectivity index (χ2v) is 5.56. The molecule has 1 aliphatic heterocycles. The molecular formula is C14H18ClN5OS. The number of nitrogens with zero attached hydrogens (tertiary/aromatic N) is 3. The molecule has 0 spiro atoms. The van der Waals surface area contributed by atoms with E-state index in [0.717, 1.165) is 36.0 Å². The van der Waals surface area contributed by atoms with Crippen LogP contribution >= 0.6 is 24.2 Å². The summed E-state index contributed by atoms with van der Waals surface area (Å²) >= 11 is 1.47. The molecule has 1 aliphatic rings. The van der Waals surface area contributed by atoms with Gasteiger partial charge in [-0.25, -0.2) is 4.98 Å². The fraction of sp³-hybridized carbons (Fsp3) is 0.357. The van der Waals surface area contributed by atoms with Crippen LogP contribution in [0.3, 0.4) is 0 Å². The van der Waals surface area contributed by atoms with Crippen molar-refractivity contribution in [2.75, 3.05) is 12.8 Å². The fourth-order valence-electron chi connectivity index (χ4n) is 2.33. The van der Waals surface area contributed by atoms with Crippen molar-refractivity contribution in [3.8, 4) is 0 Å². The smallest absolute Gasteiger partial charge is 0.254 e. The van der Waals surface area contributed by atoms with Gasteiger partial charge >= 0.3 is 0 Å². The Bertz CT molecular complexity index is 637. The van der Waals surface area contributed by atoms with Crippen molar-refractivity contribution in [2.45, 2.75) is 24.7 Å². The van der Waals surface area contributed by atoms with Gasteiger partial charge in [-0.2, -0.15) is 5.10 Å². The van der Waals surface area contributed by atoms with E-state index in [-0.39, 0.29) is 18.3 Å². The van der Waals surface area contributed by atoms with Crippen molar-refractivity contribution < 1.29 is 4.79 Å². The molecule has 0 unspecified atom stereocenters. The molecule has 118 valence electrons. The number of halogens is 1. The van der Waals surface area contributed by atoms with Gasteiger partial charge in [0, 0.05) is 19.3 Å². The van der Waals surface area contributed by atoms with Gasteiger partial charge in [-0.1, -0.05) is 0 Å². The largest absolute Gasteiger partial charge is 0.346 e. The van der Waals surface area contributed by atoms with E-state index in [4.69, 9.17) is 0 Å². The standard InChI is InChI=1S/C14H17N5OS.ClH/c1-21-14-12(3-2-4-16-14)13(20)17-8-10-7-11-9-15-5-6-19(11)18-10;/h2-4,7,15H,5-6,8-9H2,1H3,(H,17,20);1H. The molecule has 1 amide bonds. The molecule has 3 rings (SSSR count). The summed E-state index contributed by atoms with van der Waals surface area (Å²) in [6, 6.07) is 5.59. The van der Waals surface area contributed by atoms with Gasteiger partial charge in [-0.05, 0) is 24.5 Å². The lowest BCUT2D eigenvalue weighted by molar-refractivity contribution is 0.0946. The van der Waals surface area contributed by atoms with Crippen molar-refractivity contribution in [2.24, 2.45) is 0 Å². The molecule has 0 saturated heterocycles. The van der Waals surface area contributed by atoms with Crippen molar-refractivity contribution in [3.63, 3.8) is 0 Å². The molecule has 0 radical (unpaired) electrons. The van der Waals surface area contributed by atoms with E-state index in [1.165, 1.54) is 11.8 Å². The number of fused-ring (bicyclic) bond motifs is 1. The topological polar surface area (TPSA) is 71.8 Å². The Morgan fingerprint density at radius 2 is 2.41 bits per heavy atom. The normalized spacial score (nSPS) is 13.1. The van der Waals surface area contributed by atoms with E-state index in [9.17, 15) is 4.79 Å². The second kappa shape index (κ2) is 7.62. The van der Waals surface area contributed by atoms with Crippen LogP contribution in [0.4, 0.5) is 0 Å². The van der Waals surface area contributed by atoms with Crippen LogP contribution in [0.15, 0.2) is 29.4 Å². The highest BCUT2D eigenvalue weighted by atomic mass is 35.5. The van der Waals surface area contributed by atoms with Crippen LogP contribution in [0.2, 0.25) is 0 Å². The fourth-order valence-corrected chi connectivity index (χ4v) is 2.88. The lowest BCUT2D eigenvalue weighted by Gasteiger charge is -2.13. The summed E-state index contributed by atoms with van der Waals surface area (Å²) in [7, 11) is 0. The van der Waals surface area contributed by atoms with Crippen molar-refractivity contribution in [3.05, 3.63) is 41.3 Å². The number of amides is 1. The molecule has 0 fully saturated rings. The van der Waals surface area contributed by atoms with Crippen LogP contribution in [0, 0.1) is 0 Å². The zero-order valence-electron chi connectivity index (χ0n) is 12.2. The third kappa shape index (κ3) is 3.60. The summed E-state index contributed by atoms with van der Waals surface area (Å²) in [6.45, 7) is 3.08. The average molecular weight is 340 g/mol. The van der Waals surface area contributed by atoms with Crippen molar-refractivity contribution in [1.29, 1.82) is 0 Å². The zero-order chi connectivity index (χ0) is 14.7. The molecule has 2 N–H and O–H groups in total. The maximum Gasteiger partial charge on any atom is 0.254 e. The molecule has 0 bridgehead atoms. The Morgan fingerprint density at radius 3 is 3.18 bits per heavy atom. The van der Waals surface area contributed by atoms with E-state index in [0.29, 0.717) is 12.1 Å². The molecule has 2 aromatic heterocycles. The minimum absolute atomic E-state index is 0. The SMILES string of the molecule is CSc1ncccc1C(=O)NCc1cc2n(n1)CCNC2.Cl. The minimum atomic E-state index is -0.114. The van der Waals surface area contributed by atoms with E-state index in [1.807, 2.05) is 17.0 Å². The van der Waals surface area contributed by atoms with Crippen LogP contribution in [0.1, 0.15) is 21.7 Å². The molecule has 0 atom stereocenters. The average Bonchev–Trinajstić information content (AvgIpc) is 2.95. The summed E-state index contributed by atoms with van der Waals surface area (Å²) < 4.78 is 2.00. The second-order valence-electron chi connectivity index (χ2n) is 4.77. The Morgan fingerprint density at radius 1 is 1.55 bits per heavy atom. The summed E-state index contributed by atoms with van der Waals surface area (Å²) in [5.74, 6) is -0.114. The number of aromatic nitrogens is 3. The van der Waals surface area contributed by atoms with Gasteiger partial charge in [0.15, 0.2) is 0 Å². The first kappa shape index (κ1) is 16.8. The first-order chi connectivity index (χ1) is 10.3. The minimum Gasteiger partial charge on any atom is -0.346 e. The lowest BCUT2D eigenvalue weighted by atomic mass is 10.2. The first-order valence-corrected chi connectivity index (χ1v) is 8.04. The van der Waals surface area contributed by atoms with Crippen LogP contribution < -0.4 is 10.6 Å². The maximum atomic E-state index is 12.2. The molecular weight excluding hydrogens is 322 g/mol. The highest BCUT2D eigenvalue weighted by Crippen LogP contribution is 2.16. The van der Waals surface area contributed by atoms with E-state index < -0.39 is 0 Å². The molecule has 0 aromatic carbocycles. The number of rotatable bonds is 4. The Labute approximate surface area is 139 Å². The third-order valence-corrected chi connectivity index (χ3v) is 4.07. The number of hydrogen-bond donors (Lipinski definition) is 2. The Hall–Kier alpha value is -1.57. The molecule has 0 saturated carbocycles. The molecule has 8 heteroatoms. The number of hydrogen-bond acceptors (Lipinski definition) is 5. The molecule has 22 heavy (non-hydrogen) atoms. The highest BCUT2D eigenvalue weighted by Gasteiger charge is 2.14. The van der Waals surface area contributed by atoms with Crippen molar-refractivity contribution in [1.82, 2.24) is 25.4 Å². The van der Waals surface area contributed by atoms with Gasteiger partial charge in [0.25, 0.3) is 5.91 Å². The maximum absolute atomic E-state index is 12.2. The molecule has 0 aliphatic carbocycles. The Balaban J connectivity index is 0.00000176. The quantitative estimate of drug-likeness (QED) is 0.825. The van der Waals surface area contributed by atoms with Crippen LogP contribution in [0.25, 0.3) is 0 Å². The van der Waals surface area contributed by atoms with Crippen LogP contribution in [-0.4, -0.2) is 33.5 Å². The zero-order valence-corrected chi connectivity index (χ0v) is 13.8. The molecule has 3 heterocycles. The van der Waals surface area contributed by atoms with E-state index in [2.05, 4.69) is 20.7 Å². The lowest BCUT2D eigenvalue weighted by Crippen LogP contribution is -2.28. The van der Waals surface area contributed by atoms with Gasteiger partial charge < -0.3 is 10.6 Å². The van der Waals surface area contributed by atoms with Gasteiger partial charge in [-0.15, -0.1) is 24.2 Å². The Kier molecular flexibility index (Phi) is 5.82. The third-order valence-electron chi connectivity index (χ3n) is 3.36.